The van der Waals surface area contributed by atoms with Crippen molar-refractivity contribution in [1.29, 1.82) is 0 Å². The van der Waals surface area contributed by atoms with Crippen LogP contribution >= 0.6 is 11.6 Å². The zero-order chi connectivity index (χ0) is 34.5. The molecule has 0 spiro atoms. The second kappa shape index (κ2) is 18.3. The van der Waals surface area contributed by atoms with Crippen molar-refractivity contribution in [2.75, 3.05) is 7.11 Å². The lowest BCUT2D eigenvalue weighted by Gasteiger charge is -2.48. The molecule has 0 radical (unpaired) electrons. The van der Waals surface area contributed by atoms with Crippen molar-refractivity contribution >= 4 is 11.6 Å². The molecular weight excluding hydrogens is 652 g/mol. The smallest absolute Gasteiger partial charge is 0.118 e. The number of rotatable bonds is 16. The fourth-order valence-electron chi connectivity index (χ4n) is 6.08. The van der Waals surface area contributed by atoms with E-state index in [4.69, 9.17) is 40.0 Å². The highest BCUT2D eigenvalue weighted by Gasteiger charge is 2.54. The average molecular weight is 695 g/mol. The highest BCUT2D eigenvalue weighted by atomic mass is 35.5. The van der Waals surface area contributed by atoms with E-state index >= 15 is 0 Å². The van der Waals surface area contributed by atoms with Crippen molar-refractivity contribution in [3.63, 3.8) is 0 Å². The van der Waals surface area contributed by atoms with Crippen molar-refractivity contribution in [2.24, 2.45) is 0 Å². The van der Waals surface area contributed by atoms with Gasteiger partial charge in [-0.2, -0.15) is 0 Å². The van der Waals surface area contributed by atoms with Gasteiger partial charge >= 0.3 is 0 Å². The Hall–Kier alpha value is -4.05. The topological polar surface area (TPSA) is 75.6 Å². The van der Waals surface area contributed by atoms with Gasteiger partial charge in [0.2, 0.25) is 0 Å². The van der Waals surface area contributed by atoms with Crippen molar-refractivity contribution in [3.05, 3.63) is 172 Å². The molecule has 50 heavy (non-hydrogen) atoms. The van der Waals surface area contributed by atoms with Gasteiger partial charge in [0.1, 0.15) is 42.4 Å². The molecule has 6 atom stereocenters. The molecule has 8 heteroatoms. The van der Waals surface area contributed by atoms with Crippen LogP contribution in [0.2, 0.25) is 5.02 Å². The van der Waals surface area contributed by atoms with Gasteiger partial charge in [-0.15, -0.1) is 0 Å². The first-order chi connectivity index (χ1) is 24.6. The molecular formula is C42H43ClO7. The van der Waals surface area contributed by atoms with E-state index in [2.05, 4.69) is 0 Å². The molecule has 7 nitrogen and oxygen atoms in total. The molecule has 0 bridgehead atoms. The van der Waals surface area contributed by atoms with E-state index in [1.54, 1.807) is 7.11 Å². The molecule has 0 heterocycles. The van der Waals surface area contributed by atoms with E-state index in [1.807, 2.05) is 140 Å². The first-order valence-electron chi connectivity index (χ1n) is 16.8. The fourth-order valence-corrected chi connectivity index (χ4v) is 6.21. The number of methoxy groups -OCH3 is 1. The number of aliphatic hydroxyl groups excluding tert-OH is 1. The fraction of sp³-hybridized carbons (Fsp3) is 0.286. The zero-order valence-corrected chi connectivity index (χ0v) is 28.8. The second-order valence-electron chi connectivity index (χ2n) is 12.3. The molecule has 5 aromatic rings. The standard InChI is InChI=1S/C42H43ClO7/c1-45-36-23-19-34(20-24-36)29-49-41-39(47-26-31-13-7-3-8-14-31)37(44)38(46-25-30-11-5-2-6-12-30)40(48-28-33-17-21-35(43)22-18-33)42(41)50-27-32-15-9-4-10-16-32/h2-24,37-42,44H,25-29H2,1H3/t37?,38-,39+,40+,41+,42+/m1/s1. The Balaban J connectivity index is 1.35. The Bertz CT molecular complexity index is 1690. The molecule has 5 aromatic carbocycles. The van der Waals surface area contributed by atoms with Crippen LogP contribution in [0, 0.1) is 0 Å². The van der Waals surface area contributed by atoms with Crippen LogP contribution < -0.4 is 4.74 Å². The number of benzene rings is 5. The molecule has 0 saturated heterocycles. The Morgan fingerprint density at radius 3 is 1.08 bits per heavy atom. The van der Waals surface area contributed by atoms with Crippen LogP contribution in [0.3, 0.4) is 0 Å². The third-order valence-electron chi connectivity index (χ3n) is 8.78. The number of hydrogen-bond donors (Lipinski definition) is 1. The lowest BCUT2D eigenvalue weighted by atomic mass is 9.83. The maximum atomic E-state index is 12.2. The summed E-state index contributed by atoms with van der Waals surface area (Å²) in [4.78, 5) is 0. The van der Waals surface area contributed by atoms with Crippen LogP contribution in [0.5, 0.6) is 5.75 Å². The van der Waals surface area contributed by atoms with Crippen LogP contribution in [0.15, 0.2) is 140 Å². The molecule has 0 amide bonds. The van der Waals surface area contributed by atoms with Gasteiger partial charge in [0.05, 0.1) is 40.1 Å². The molecule has 260 valence electrons. The summed E-state index contributed by atoms with van der Waals surface area (Å²) in [7, 11) is 1.64. The summed E-state index contributed by atoms with van der Waals surface area (Å²) >= 11 is 6.18. The minimum absolute atomic E-state index is 0.242. The van der Waals surface area contributed by atoms with Crippen molar-refractivity contribution < 1.29 is 33.5 Å². The van der Waals surface area contributed by atoms with E-state index in [0.29, 0.717) is 11.6 Å². The van der Waals surface area contributed by atoms with Crippen LogP contribution in [0.4, 0.5) is 0 Å². The minimum Gasteiger partial charge on any atom is -0.497 e. The first kappa shape index (κ1) is 35.8. The van der Waals surface area contributed by atoms with Gasteiger partial charge in [0, 0.05) is 5.02 Å². The van der Waals surface area contributed by atoms with Crippen molar-refractivity contribution in [3.8, 4) is 5.75 Å². The SMILES string of the molecule is COc1ccc(CO[C@@H]2[C@@H](OCc3ccccc3)[C@@H](OCc3ccc(Cl)cc3)[C@H](OCc3ccccc3)C(O)[C@@H]2OCc2ccccc2)cc1. The van der Waals surface area contributed by atoms with E-state index in [1.165, 1.54) is 0 Å². The summed E-state index contributed by atoms with van der Waals surface area (Å²) in [6.45, 7) is 1.31. The van der Waals surface area contributed by atoms with Gasteiger partial charge in [0.25, 0.3) is 0 Å². The summed E-state index contributed by atoms with van der Waals surface area (Å²) in [6, 6.07) is 44.9. The Morgan fingerprint density at radius 2 is 0.720 bits per heavy atom. The minimum atomic E-state index is -1.12. The Morgan fingerprint density at radius 1 is 0.420 bits per heavy atom. The van der Waals surface area contributed by atoms with Crippen LogP contribution in [0.25, 0.3) is 0 Å². The Kier molecular flexibility index (Phi) is 13.1. The van der Waals surface area contributed by atoms with Gasteiger partial charge in [-0.05, 0) is 52.1 Å². The van der Waals surface area contributed by atoms with Gasteiger partial charge in [0.15, 0.2) is 0 Å². The number of ether oxygens (including phenoxy) is 6. The monoisotopic (exact) mass is 694 g/mol. The molecule has 1 aliphatic carbocycles. The van der Waals surface area contributed by atoms with Gasteiger partial charge in [-0.25, -0.2) is 0 Å². The molecule has 1 N–H and O–H groups in total. The lowest BCUT2D eigenvalue weighted by Crippen LogP contribution is -2.66. The Labute approximate surface area is 299 Å². The predicted molar refractivity (Wildman–Crippen MR) is 193 cm³/mol. The second-order valence-corrected chi connectivity index (χ2v) is 12.7. The summed E-state index contributed by atoms with van der Waals surface area (Å²) in [5.74, 6) is 0.754. The molecule has 1 unspecified atom stereocenters. The molecule has 1 fully saturated rings. The predicted octanol–water partition coefficient (Wildman–Crippen LogP) is 7.95. The highest BCUT2D eigenvalue weighted by molar-refractivity contribution is 6.30. The van der Waals surface area contributed by atoms with E-state index in [0.717, 1.165) is 33.6 Å². The van der Waals surface area contributed by atoms with E-state index < -0.39 is 36.6 Å². The van der Waals surface area contributed by atoms with Crippen LogP contribution in [-0.4, -0.2) is 48.8 Å². The number of aliphatic hydroxyl groups is 1. The third-order valence-corrected chi connectivity index (χ3v) is 9.03. The van der Waals surface area contributed by atoms with Crippen LogP contribution in [-0.2, 0) is 56.7 Å². The van der Waals surface area contributed by atoms with Gasteiger partial charge in [-0.1, -0.05) is 127 Å². The van der Waals surface area contributed by atoms with Gasteiger partial charge < -0.3 is 33.5 Å². The zero-order valence-electron chi connectivity index (χ0n) is 28.1. The lowest BCUT2D eigenvalue weighted by molar-refractivity contribution is -0.283. The summed E-state index contributed by atoms with van der Waals surface area (Å²) in [5, 5.41) is 12.9. The quantitative estimate of drug-likeness (QED) is 0.112. The third kappa shape index (κ3) is 9.80. The molecule has 0 aromatic heterocycles. The first-order valence-corrected chi connectivity index (χ1v) is 17.2. The molecule has 0 aliphatic heterocycles. The highest BCUT2D eigenvalue weighted by Crippen LogP contribution is 2.35. The number of halogens is 1. The van der Waals surface area contributed by atoms with Gasteiger partial charge in [-0.3, -0.25) is 0 Å². The maximum Gasteiger partial charge on any atom is 0.118 e. The van der Waals surface area contributed by atoms with Crippen molar-refractivity contribution in [1.82, 2.24) is 0 Å². The number of hydrogen-bond acceptors (Lipinski definition) is 7. The normalized spacial score (nSPS) is 21.9. The van der Waals surface area contributed by atoms with E-state index in [-0.39, 0.29) is 26.4 Å². The average Bonchev–Trinajstić information content (AvgIpc) is 3.17. The van der Waals surface area contributed by atoms with Crippen LogP contribution in [0.1, 0.15) is 27.8 Å². The van der Waals surface area contributed by atoms with E-state index in [9.17, 15) is 5.11 Å². The van der Waals surface area contributed by atoms with Crippen molar-refractivity contribution in [2.45, 2.75) is 69.7 Å². The molecule has 1 saturated carbocycles. The summed E-state index contributed by atoms with van der Waals surface area (Å²) in [5.41, 5.74) is 4.79. The molecule has 1 aliphatic rings. The largest absolute Gasteiger partial charge is 0.497 e. The summed E-state index contributed by atoms with van der Waals surface area (Å²) < 4.78 is 38.7. The maximum absolute atomic E-state index is 12.2. The summed E-state index contributed by atoms with van der Waals surface area (Å²) in [6.07, 6.45) is -4.90. The molecule has 6 rings (SSSR count).